The second-order valence-corrected chi connectivity index (χ2v) is 18.3. The van der Waals surface area contributed by atoms with Crippen LogP contribution in [0.5, 0.6) is 17.2 Å². The minimum atomic E-state index is 0.156. The van der Waals surface area contributed by atoms with Crippen LogP contribution < -0.4 is 14.2 Å². The quantitative estimate of drug-likeness (QED) is 0.0843. The van der Waals surface area contributed by atoms with Crippen molar-refractivity contribution in [1.82, 2.24) is 34.0 Å². The lowest BCUT2D eigenvalue weighted by Gasteiger charge is -2.22. The number of aryl methyl sites for hydroxylation is 4. The largest absolute Gasteiger partial charge is 0.497 e. The monoisotopic (exact) mass is 909 g/mol. The summed E-state index contributed by atoms with van der Waals surface area (Å²) >= 11 is 9.07. The topological polar surface area (TPSA) is 105 Å². The van der Waals surface area contributed by atoms with Gasteiger partial charge in [0.15, 0.2) is 0 Å². The first-order valence-corrected chi connectivity index (χ1v) is 23.7. The molecular weight excluding hydrogens is 854 g/mol. The third-order valence-corrected chi connectivity index (χ3v) is 14.0. The number of thioether (sulfide) groups is 1. The van der Waals surface area contributed by atoms with Crippen molar-refractivity contribution in [3.05, 3.63) is 147 Å². The Morgan fingerprint density at radius 1 is 0.846 bits per heavy atom. The number of halogens is 1. The van der Waals surface area contributed by atoms with E-state index in [-0.39, 0.29) is 6.61 Å². The maximum atomic E-state index is 9.76. The summed E-state index contributed by atoms with van der Waals surface area (Å²) in [6.45, 7) is 5.53. The molecule has 0 bridgehead atoms. The molecule has 4 aromatic heterocycles. The SMILES string of the molecule is COc1ccc(COc2cc(SCc3cc(CN(Cc4ccc(OC)cc4)Cc4nn5c(c4-c4c(Cl)ccc6c(CCCO)c(C)n(C)c46)CCCC5)nn3C)cc3cccnc23)cc1. The number of nitrogens with zero attached hydrogens (tertiary/aromatic N) is 7. The molecule has 0 atom stereocenters. The number of aliphatic hydroxyl groups is 1. The number of hydrogen-bond acceptors (Lipinski definition) is 9. The van der Waals surface area contributed by atoms with Gasteiger partial charge in [-0.15, -0.1) is 11.8 Å². The van der Waals surface area contributed by atoms with Gasteiger partial charge in [0.05, 0.1) is 36.1 Å². The summed E-state index contributed by atoms with van der Waals surface area (Å²) in [5, 5.41) is 23.2. The standard InChI is InChI=1S/C52H56ClN7O4S/c1-34-43(11-9-25-61)44-21-22-45(53)49(52(44)57(34)2)50-46(56-60-24-7-6-12-47(50)60)31-59(29-35-13-17-40(62-4)18-14-35)30-38-27-39(58(3)55-38)33-65-42-26-37-10-8-23-54-51(37)48(28-42)64-32-36-15-19-41(63-5)20-16-36/h8,10,13-23,26-28,61H,6-7,9,11-12,24-25,29-33H2,1-5H3. The second-order valence-electron chi connectivity index (χ2n) is 16.9. The molecule has 5 heterocycles. The molecule has 0 radical (unpaired) electrons. The van der Waals surface area contributed by atoms with Crippen molar-refractivity contribution in [3.8, 4) is 28.4 Å². The van der Waals surface area contributed by atoms with Crippen LogP contribution in [0.2, 0.25) is 5.02 Å². The van der Waals surface area contributed by atoms with E-state index in [1.165, 1.54) is 27.9 Å². The number of pyridine rings is 1. The Hall–Kier alpha value is -5.79. The third kappa shape index (κ3) is 9.49. The van der Waals surface area contributed by atoms with E-state index >= 15 is 0 Å². The normalized spacial score (nSPS) is 12.7. The van der Waals surface area contributed by atoms with E-state index in [9.17, 15) is 5.11 Å². The fraction of sp³-hybridized carbons (Fsp3) is 0.327. The van der Waals surface area contributed by atoms with Crippen molar-refractivity contribution in [3.63, 3.8) is 0 Å². The molecule has 0 amide bonds. The summed E-state index contributed by atoms with van der Waals surface area (Å²) in [7, 11) is 7.53. The maximum Gasteiger partial charge on any atom is 0.147 e. The average Bonchev–Trinajstić information content (AvgIpc) is 3.95. The highest BCUT2D eigenvalue weighted by Gasteiger charge is 2.28. The van der Waals surface area contributed by atoms with Crippen LogP contribution in [-0.2, 0) is 65.5 Å². The van der Waals surface area contributed by atoms with E-state index in [4.69, 9.17) is 36.0 Å². The Kier molecular flexibility index (Phi) is 13.5. The molecule has 8 aromatic rings. The van der Waals surface area contributed by atoms with Crippen molar-refractivity contribution >= 4 is 45.2 Å². The van der Waals surface area contributed by atoms with Crippen molar-refractivity contribution in [2.75, 3.05) is 20.8 Å². The Morgan fingerprint density at radius 2 is 1.62 bits per heavy atom. The molecule has 13 heteroatoms. The molecule has 65 heavy (non-hydrogen) atoms. The van der Waals surface area contributed by atoms with E-state index in [0.29, 0.717) is 32.7 Å². The summed E-state index contributed by atoms with van der Waals surface area (Å²) in [5.74, 6) is 3.12. The fourth-order valence-corrected chi connectivity index (χ4v) is 10.5. The molecule has 0 unspecified atom stereocenters. The molecular formula is C52H56ClN7O4S. The molecule has 11 nitrogen and oxygen atoms in total. The van der Waals surface area contributed by atoms with Crippen LogP contribution in [0.15, 0.2) is 102 Å². The van der Waals surface area contributed by atoms with Gasteiger partial charge in [-0.25, -0.2) is 0 Å². The molecule has 336 valence electrons. The van der Waals surface area contributed by atoms with Crippen LogP contribution in [-0.4, -0.2) is 59.9 Å². The van der Waals surface area contributed by atoms with E-state index < -0.39 is 0 Å². The fourth-order valence-electron chi connectivity index (χ4n) is 9.22. The predicted octanol–water partition coefficient (Wildman–Crippen LogP) is 10.6. The van der Waals surface area contributed by atoms with Crippen LogP contribution in [0.4, 0.5) is 0 Å². The summed E-state index contributed by atoms with van der Waals surface area (Å²) in [5.41, 5.74) is 13.2. The van der Waals surface area contributed by atoms with Gasteiger partial charge < -0.3 is 23.9 Å². The summed E-state index contributed by atoms with van der Waals surface area (Å²) in [4.78, 5) is 8.21. The van der Waals surface area contributed by atoms with Gasteiger partial charge in [-0.2, -0.15) is 10.2 Å². The third-order valence-electron chi connectivity index (χ3n) is 12.7. The van der Waals surface area contributed by atoms with Gasteiger partial charge in [0.25, 0.3) is 0 Å². The molecule has 0 saturated carbocycles. The zero-order valence-corrected chi connectivity index (χ0v) is 39.4. The first-order chi connectivity index (χ1) is 31.7. The average molecular weight is 911 g/mol. The van der Waals surface area contributed by atoms with Crippen LogP contribution in [0.3, 0.4) is 0 Å². The van der Waals surface area contributed by atoms with Crippen molar-refractivity contribution in [1.29, 1.82) is 0 Å². The predicted molar refractivity (Wildman–Crippen MR) is 260 cm³/mol. The molecule has 9 rings (SSSR count). The van der Waals surface area contributed by atoms with E-state index in [1.54, 1.807) is 26.0 Å². The molecule has 0 aliphatic carbocycles. The van der Waals surface area contributed by atoms with Crippen LogP contribution in [0.1, 0.15) is 64.4 Å². The maximum absolute atomic E-state index is 9.76. The zero-order chi connectivity index (χ0) is 45.0. The lowest BCUT2D eigenvalue weighted by atomic mass is 9.95. The highest BCUT2D eigenvalue weighted by atomic mass is 35.5. The number of ether oxygens (including phenoxy) is 3. The summed E-state index contributed by atoms with van der Waals surface area (Å²) in [6, 6.07) is 31.0. The first-order valence-electron chi connectivity index (χ1n) is 22.3. The molecule has 1 aliphatic heterocycles. The van der Waals surface area contributed by atoms with Gasteiger partial charge in [-0.1, -0.05) is 48.0 Å². The van der Waals surface area contributed by atoms with Gasteiger partial charge in [0.1, 0.15) is 29.4 Å². The van der Waals surface area contributed by atoms with Crippen molar-refractivity contribution < 1.29 is 19.3 Å². The lowest BCUT2D eigenvalue weighted by molar-refractivity contribution is 0.240. The van der Waals surface area contributed by atoms with Crippen LogP contribution in [0.25, 0.3) is 32.9 Å². The smallest absolute Gasteiger partial charge is 0.147 e. The Labute approximate surface area is 389 Å². The Balaban J connectivity index is 1.01. The minimum Gasteiger partial charge on any atom is -0.497 e. The molecule has 1 aliphatic rings. The second kappa shape index (κ2) is 19.8. The molecule has 0 spiro atoms. The molecule has 4 aromatic carbocycles. The first kappa shape index (κ1) is 44.4. The highest BCUT2D eigenvalue weighted by molar-refractivity contribution is 7.98. The lowest BCUT2D eigenvalue weighted by Crippen LogP contribution is -2.23. The number of benzene rings is 4. The number of methoxy groups -OCH3 is 2. The molecule has 0 fully saturated rings. The van der Waals surface area contributed by atoms with Crippen LogP contribution >= 0.6 is 23.4 Å². The number of hydrogen-bond donors (Lipinski definition) is 1. The zero-order valence-electron chi connectivity index (χ0n) is 37.8. The van der Waals surface area contributed by atoms with E-state index in [2.05, 4.69) is 75.6 Å². The minimum absolute atomic E-state index is 0.156. The van der Waals surface area contributed by atoms with Gasteiger partial charge >= 0.3 is 0 Å². The number of fused-ring (bicyclic) bond motifs is 3. The van der Waals surface area contributed by atoms with Gasteiger partial charge in [0, 0.05) is 103 Å². The number of aromatic nitrogens is 6. The summed E-state index contributed by atoms with van der Waals surface area (Å²) in [6.07, 6.45) is 6.48. The van der Waals surface area contributed by atoms with Crippen molar-refractivity contribution in [2.45, 2.75) is 82.5 Å². The van der Waals surface area contributed by atoms with E-state index in [1.807, 2.05) is 66.5 Å². The Morgan fingerprint density at radius 3 is 2.37 bits per heavy atom. The number of rotatable bonds is 18. The van der Waals surface area contributed by atoms with E-state index in [0.717, 1.165) is 115 Å². The molecule has 0 saturated heterocycles. The highest BCUT2D eigenvalue weighted by Crippen LogP contribution is 2.43. The van der Waals surface area contributed by atoms with Gasteiger partial charge in [-0.3, -0.25) is 19.2 Å². The van der Waals surface area contributed by atoms with Gasteiger partial charge in [0.2, 0.25) is 0 Å². The van der Waals surface area contributed by atoms with Crippen molar-refractivity contribution in [2.24, 2.45) is 14.1 Å². The Bertz CT molecular complexity index is 2940. The number of aliphatic hydroxyl groups excluding tert-OH is 1. The summed E-state index contributed by atoms with van der Waals surface area (Å²) < 4.78 is 23.8. The van der Waals surface area contributed by atoms with Gasteiger partial charge in [-0.05, 0) is 110 Å². The molecule has 1 N–H and O–H groups in total. The van der Waals surface area contributed by atoms with Crippen LogP contribution in [0, 0.1) is 6.92 Å².